The Morgan fingerprint density at radius 1 is 1.64 bits per heavy atom. The highest BCUT2D eigenvalue weighted by Crippen LogP contribution is 2.24. The summed E-state index contributed by atoms with van der Waals surface area (Å²) in [5.74, 6) is 0.197. The van der Waals surface area contributed by atoms with Crippen LogP contribution in [0.3, 0.4) is 0 Å². The zero-order valence-corrected chi connectivity index (χ0v) is 7.26. The average Bonchev–Trinajstić information content (AvgIpc) is 2.67. The first-order valence-corrected chi connectivity index (χ1v) is 3.98. The van der Waals surface area contributed by atoms with Gasteiger partial charge in [0.2, 0.25) is 5.91 Å². The first-order valence-electron chi connectivity index (χ1n) is 3.98. The van der Waals surface area contributed by atoms with Gasteiger partial charge in [-0.2, -0.15) is 0 Å². The van der Waals surface area contributed by atoms with E-state index in [2.05, 4.69) is 5.32 Å². The van der Waals surface area contributed by atoms with E-state index in [0.717, 1.165) is 6.42 Å². The normalized spacial score (nSPS) is 28.7. The molecule has 1 aliphatic carbocycles. The topological polar surface area (TPSA) is 38.3 Å². The molecule has 0 aromatic carbocycles. The standard InChI is InChI=1S/C8H15NO2/c1-5(2)8(10)9-6-4-7(6)11-3/h5-7H,4H2,1-3H3,(H,9,10)/t6-,7-/m0/s1. The third kappa shape index (κ3) is 2.19. The number of hydrogen-bond acceptors (Lipinski definition) is 2. The summed E-state index contributed by atoms with van der Waals surface area (Å²) in [4.78, 5) is 11.1. The Morgan fingerprint density at radius 2 is 2.27 bits per heavy atom. The van der Waals surface area contributed by atoms with Crippen LogP contribution in [0.4, 0.5) is 0 Å². The van der Waals surface area contributed by atoms with Crippen molar-refractivity contribution in [2.24, 2.45) is 5.92 Å². The van der Waals surface area contributed by atoms with Gasteiger partial charge < -0.3 is 10.1 Å². The lowest BCUT2D eigenvalue weighted by Crippen LogP contribution is -2.31. The van der Waals surface area contributed by atoms with Gasteiger partial charge in [0.1, 0.15) is 0 Å². The van der Waals surface area contributed by atoms with E-state index in [1.54, 1.807) is 7.11 Å². The molecule has 0 aliphatic heterocycles. The van der Waals surface area contributed by atoms with E-state index < -0.39 is 0 Å². The van der Waals surface area contributed by atoms with Crippen molar-refractivity contribution in [3.63, 3.8) is 0 Å². The molecular formula is C8H15NO2. The van der Waals surface area contributed by atoms with Crippen LogP contribution in [0.5, 0.6) is 0 Å². The van der Waals surface area contributed by atoms with Crippen molar-refractivity contribution in [3.05, 3.63) is 0 Å². The summed E-state index contributed by atoms with van der Waals surface area (Å²) in [7, 11) is 1.67. The van der Waals surface area contributed by atoms with E-state index in [1.807, 2.05) is 13.8 Å². The van der Waals surface area contributed by atoms with E-state index in [0.29, 0.717) is 0 Å². The number of amides is 1. The average molecular weight is 157 g/mol. The van der Waals surface area contributed by atoms with Gasteiger partial charge in [-0.1, -0.05) is 13.8 Å². The maximum Gasteiger partial charge on any atom is 0.222 e. The number of hydrogen-bond donors (Lipinski definition) is 1. The van der Waals surface area contributed by atoms with E-state index in [9.17, 15) is 4.79 Å². The molecule has 1 rings (SSSR count). The third-order valence-corrected chi connectivity index (χ3v) is 1.89. The van der Waals surface area contributed by atoms with Gasteiger partial charge in [-0.3, -0.25) is 4.79 Å². The van der Waals surface area contributed by atoms with E-state index in [1.165, 1.54) is 0 Å². The number of ether oxygens (including phenoxy) is 1. The summed E-state index contributed by atoms with van der Waals surface area (Å²) in [5.41, 5.74) is 0. The fourth-order valence-electron chi connectivity index (χ4n) is 0.933. The molecule has 0 saturated heterocycles. The summed E-state index contributed by atoms with van der Waals surface area (Å²) >= 11 is 0. The first-order chi connectivity index (χ1) is 5.15. The highest BCUT2D eigenvalue weighted by Gasteiger charge is 2.38. The van der Waals surface area contributed by atoms with Gasteiger partial charge in [0, 0.05) is 13.0 Å². The molecule has 3 heteroatoms. The van der Waals surface area contributed by atoms with Crippen LogP contribution in [0, 0.1) is 5.92 Å². The minimum absolute atomic E-state index is 0.0770. The van der Waals surface area contributed by atoms with Crippen LogP contribution < -0.4 is 5.32 Å². The van der Waals surface area contributed by atoms with E-state index in [-0.39, 0.29) is 24.0 Å². The predicted molar refractivity (Wildman–Crippen MR) is 42.2 cm³/mol. The monoisotopic (exact) mass is 157 g/mol. The van der Waals surface area contributed by atoms with Crippen molar-refractivity contribution in [1.29, 1.82) is 0 Å². The lowest BCUT2D eigenvalue weighted by molar-refractivity contribution is -0.124. The highest BCUT2D eigenvalue weighted by molar-refractivity contribution is 5.78. The molecule has 1 saturated carbocycles. The molecule has 64 valence electrons. The molecule has 1 amide bonds. The molecule has 1 aliphatic rings. The molecule has 1 fully saturated rings. The largest absolute Gasteiger partial charge is 0.379 e. The second-order valence-corrected chi connectivity index (χ2v) is 3.28. The van der Waals surface area contributed by atoms with Gasteiger partial charge in [-0.25, -0.2) is 0 Å². The van der Waals surface area contributed by atoms with E-state index >= 15 is 0 Å². The van der Waals surface area contributed by atoms with Crippen LogP contribution in [0.2, 0.25) is 0 Å². The number of methoxy groups -OCH3 is 1. The van der Waals surface area contributed by atoms with Crippen molar-refractivity contribution in [2.75, 3.05) is 7.11 Å². The van der Waals surface area contributed by atoms with Gasteiger partial charge in [-0.15, -0.1) is 0 Å². The summed E-state index contributed by atoms with van der Waals surface area (Å²) < 4.78 is 5.04. The molecule has 0 aromatic rings. The Bertz CT molecular complexity index is 156. The molecule has 0 spiro atoms. The van der Waals surface area contributed by atoms with Crippen LogP contribution in [-0.4, -0.2) is 25.2 Å². The zero-order chi connectivity index (χ0) is 8.43. The Balaban J connectivity index is 2.18. The Labute approximate surface area is 67.1 Å². The summed E-state index contributed by atoms with van der Waals surface area (Å²) in [6, 6.07) is 0.273. The number of carbonyl (C=O) groups excluding carboxylic acids is 1. The maximum atomic E-state index is 11.1. The van der Waals surface area contributed by atoms with Gasteiger partial charge >= 0.3 is 0 Å². The minimum atomic E-state index is 0.0770. The summed E-state index contributed by atoms with van der Waals surface area (Å²) in [6.07, 6.45) is 1.23. The van der Waals surface area contributed by atoms with Gasteiger partial charge in [0.15, 0.2) is 0 Å². The zero-order valence-electron chi connectivity index (χ0n) is 7.26. The Morgan fingerprint density at radius 3 is 2.64 bits per heavy atom. The minimum Gasteiger partial charge on any atom is -0.379 e. The molecule has 0 bridgehead atoms. The molecule has 11 heavy (non-hydrogen) atoms. The van der Waals surface area contributed by atoms with Crippen molar-refractivity contribution < 1.29 is 9.53 Å². The maximum absolute atomic E-state index is 11.1. The van der Waals surface area contributed by atoms with Crippen molar-refractivity contribution in [3.8, 4) is 0 Å². The Hall–Kier alpha value is -0.570. The Kier molecular flexibility index (Phi) is 2.49. The molecule has 3 nitrogen and oxygen atoms in total. The smallest absolute Gasteiger partial charge is 0.222 e. The second-order valence-electron chi connectivity index (χ2n) is 3.28. The quantitative estimate of drug-likeness (QED) is 0.649. The number of carbonyl (C=O) groups is 1. The fourth-order valence-corrected chi connectivity index (χ4v) is 0.933. The molecule has 0 radical (unpaired) electrons. The van der Waals surface area contributed by atoms with Crippen molar-refractivity contribution in [1.82, 2.24) is 5.32 Å². The van der Waals surface area contributed by atoms with Crippen LogP contribution in [0.15, 0.2) is 0 Å². The predicted octanol–water partition coefficient (Wildman–Crippen LogP) is 0.546. The van der Waals surface area contributed by atoms with Crippen LogP contribution in [0.25, 0.3) is 0 Å². The molecule has 1 N–H and O–H groups in total. The SMILES string of the molecule is CO[C@H]1C[C@@H]1NC(=O)C(C)C. The molecule has 0 heterocycles. The third-order valence-electron chi connectivity index (χ3n) is 1.89. The molecular weight excluding hydrogens is 142 g/mol. The second kappa shape index (κ2) is 3.22. The summed E-state index contributed by atoms with van der Waals surface area (Å²) in [5, 5.41) is 2.89. The summed E-state index contributed by atoms with van der Waals surface area (Å²) in [6.45, 7) is 3.78. The van der Waals surface area contributed by atoms with Crippen molar-refractivity contribution >= 4 is 5.91 Å². The van der Waals surface area contributed by atoms with Gasteiger partial charge in [0.25, 0.3) is 0 Å². The lowest BCUT2D eigenvalue weighted by Gasteiger charge is -2.05. The highest BCUT2D eigenvalue weighted by atomic mass is 16.5. The van der Waals surface area contributed by atoms with Crippen LogP contribution in [-0.2, 0) is 9.53 Å². The number of rotatable bonds is 3. The first kappa shape index (κ1) is 8.53. The molecule has 0 unspecified atom stereocenters. The number of nitrogens with one attached hydrogen (secondary N) is 1. The molecule has 2 atom stereocenters. The van der Waals surface area contributed by atoms with Crippen LogP contribution >= 0.6 is 0 Å². The fraction of sp³-hybridized carbons (Fsp3) is 0.875. The van der Waals surface area contributed by atoms with Crippen LogP contribution in [0.1, 0.15) is 20.3 Å². The van der Waals surface area contributed by atoms with E-state index in [4.69, 9.17) is 4.74 Å². The molecule has 0 aromatic heterocycles. The van der Waals surface area contributed by atoms with Gasteiger partial charge in [0.05, 0.1) is 12.1 Å². The van der Waals surface area contributed by atoms with Gasteiger partial charge in [-0.05, 0) is 6.42 Å². The lowest BCUT2D eigenvalue weighted by atomic mass is 10.2. The van der Waals surface area contributed by atoms with Crippen molar-refractivity contribution in [2.45, 2.75) is 32.4 Å².